The highest BCUT2D eigenvalue weighted by Gasteiger charge is 2.56. The van der Waals surface area contributed by atoms with Gasteiger partial charge in [-0.2, -0.15) is 9.36 Å². The van der Waals surface area contributed by atoms with Crippen LogP contribution in [-0.4, -0.2) is 83.8 Å². The fourth-order valence-corrected chi connectivity index (χ4v) is 4.81. The van der Waals surface area contributed by atoms with E-state index >= 15 is 0 Å². The number of nitrogen functional groups attached to an aromatic ring is 1. The average Bonchev–Trinajstić information content (AvgIpc) is 3.16. The van der Waals surface area contributed by atoms with Gasteiger partial charge in [-0.15, -0.1) is 18.3 Å². The van der Waals surface area contributed by atoms with Gasteiger partial charge < -0.3 is 31.0 Å². The Bertz CT molecular complexity index is 981. The molecule has 13 nitrogen and oxygen atoms in total. The van der Waals surface area contributed by atoms with E-state index in [9.17, 15) is 24.3 Å². The first-order valence-electron chi connectivity index (χ1n) is 8.75. The van der Waals surface area contributed by atoms with Gasteiger partial charge in [-0.1, -0.05) is 11.2 Å². The highest BCUT2D eigenvalue weighted by atomic mass is 32.2. The number of nitrogens with one attached hydrogen (secondary N) is 1. The van der Waals surface area contributed by atoms with Gasteiger partial charge in [0.25, 0.3) is 5.91 Å². The first-order chi connectivity index (χ1) is 14.6. The summed E-state index contributed by atoms with van der Waals surface area (Å²) in [6, 6.07) is -0.938. The summed E-state index contributed by atoms with van der Waals surface area (Å²) in [6.07, 6.45) is -0.0431. The number of amides is 2. The van der Waals surface area contributed by atoms with Crippen LogP contribution in [0, 0.1) is 5.41 Å². The van der Waals surface area contributed by atoms with Gasteiger partial charge in [0.2, 0.25) is 23.5 Å². The molecule has 5 N–H and O–H groups in total. The maximum atomic E-state index is 12.8. The number of β-lactam (4-membered cyclic amide) rings is 1. The van der Waals surface area contributed by atoms with Gasteiger partial charge in [-0.05, 0) is 6.92 Å². The minimum Gasteiger partial charge on any atom is -0.481 e. The summed E-state index contributed by atoms with van der Waals surface area (Å²) in [4.78, 5) is 57.9. The van der Waals surface area contributed by atoms with Crippen LogP contribution >= 0.6 is 23.3 Å². The Balaban J connectivity index is 1.75. The van der Waals surface area contributed by atoms with Crippen molar-refractivity contribution in [1.29, 1.82) is 0 Å². The molecule has 0 saturated carbocycles. The Morgan fingerprint density at radius 1 is 1.48 bits per heavy atom. The average molecular weight is 470 g/mol. The Morgan fingerprint density at radius 3 is 2.74 bits per heavy atom. The highest BCUT2D eigenvalue weighted by molar-refractivity contribution is 8.00. The highest BCUT2D eigenvalue weighted by Crippen LogP contribution is 2.42. The van der Waals surface area contributed by atoms with E-state index in [1.807, 2.05) is 0 Å². The normalized spacial score (nSPS) is 26.3. The van der Waals surface area contributed by atoms with Crippen molar-refractivity contribution in [1.82, 2.24) is 19.6 Å². The Morgan fingerprint density at radius 2 is 2.19 bits per heavy atom. The molecule has 3 unspecified atom stereocenters. The fraction of sp³-hybridized carbons (Fsp3) is 0.438. The van der Waals surface area contributed by atoms with E-state index in [0.717, 1.165) is 11.5 Å². The lowest BCUT2D eigenvalue weighted by atomic mass is 9.87. The topological polar surface area (TPSA) is 197 Å². The number of oxime groups is 1. The Hall–Kier alpha value is -3.20. The zero-order chi connectivity index (χ0) is 22.9. The molecule has 3 heterocycles. The van der Waals surface area contributed by atoms with Crippen molar-refractivity contribution in [3.05, 3.63) is 18.5 Å². The number of nitrogens with two attached hydrogens (primary N) is 1. The molecule has 2 aliphatic rings. The zero-order valence-corrected chi connectivity index (χ0v) is 17.7. The molecule has 15 heteroatoms. The van der Waals surface area contributed by atoms with Gasteiger partial charge in [-0.25, -0.2) is 4.79 Å². The standard InChI is InChI=1S/C16H18N6O7S2/c1-3-16(14(27)28)4-22-11(24)8(12(22)30-5-16)18-10(23)7(9-19-15(17)31-21-9)20-29-6(2)13(25)26/h3,6,8,12H,1,4-5H2,2H3,(H,18,23)(H,25,26)(H,27,28)(H2,17,19,21)/t6?,8?,12-,16?/m1/s1. The Kier molecular flexibility index (Phi) is 6.17. The number of carboxylic acid groups (broad SMARTS) is 2. The lowest BCUT2D eigenvalue weighted by Gasteiger charge is -2.53. The van der Waals surface area contributed by atoms with E-state index in [0.29, 0.717) is 0 Å². The largest absolute Gasteiger partial charge is 0.481 e. The molecule has 2 amide bonds. The molecule has 3 rings (SSSR count). The van der Waals surface area contributed by atoms with Crippen molar-refractivity contribution in [2.75, 3.05) is 18.0 Å². The number of hydrogen-bond donors (Lipinski definition) is 4. The van der Waals surface area contributed by atoms with Crippen LogP contribution in [0.2, 0.25) is 0 Å². The Labute approximate surface area is 183 Å². The third-order valence-corrected chi connectivity index (χ3v) is 6.82. The smallest absolute Gasteiger partial charge is 0.347 e. The van der Waals surface area contributed by atoms with Crippen LogP contribution < -0.4 is 11.1 Å². The van der Waals surface area contributed by atoms with Gasteiger partial charge in [0.15, 0.2) is 5.13 Å². The molecule has 0 radical (unpaired) electrons. The fourth-order valence-electron chi connectivity index (χ4n) is 2.84. The molecule has 0 spiro atoms. The summed E-state index contributed by atoms with van der Waals surface area (Å²) in [5, 5.41) is 24.0. The van der Waals surface area contributed by atoms with Gasteiger partial charge >= 0.3 is 11.9 Å². The van der Waals surface area contributed by atoms with Gasteiger partial charge in [0.05, 0.1) is 0 Å². The van der Waals surface area contributed by atoms with Crippen molar-refractivity contribution in [2.45, 2.75) is 24.4 Å². The molecule has 31 heavy (non-hydrogen) atoms. The maximum absolute atomic E-state index is 12.8. The first-order valence-corrected chi connectivity index (χ1v) is 10.6. The number of carbonyl (C=O) groups excluding carboxylic acids is 2. The summed E-state index contributed by atoms with van der Waals surface area (Å²) < 4.78 is 3.87. The molecule has 166 valence electrons. The number of thioether (sulfide) groups is 1. The second-order valence-corrected chi connectivity index (χ2v) is 8.65. The molecule has 2 aliphatic heterocycles. The molecular formula is C16H18N6O7S2. The number of aromatic nitrogens is 2. The molecule has 0 bridgehead atoms. The van der Waals surface area contributed by atoms with Gasteiger partial charge in [0.1, 0.15) is 16.8 Å². The summed E-state index contributed by atoms with van der Waals surface area (Å²) in [7, 11) is 0. The molecule has 1 aromatic rings. The summed E-state index contributed by atoms with van der Waals surface area (Å²) in [6.45, 7) is 4.72. The van der Waals surface area contributed by atoms with Crippen molar-refractivity contribution in [2.24, 2.45) is 10.6 Å². The molecule has 2 fully saturated rings. The number of nitrogens with zero attached hydrogens (tertiary/aromatic N) is 4. The number of aliphatic carboxylic acids is 2. The van der Waals surface area contributed by atoms with Crippen LogP contribution in [0.3, 0.4) is 0 Å². The van der Waals surface area contributed by atoms with Crippen molar-refractivity contribution < 1.29 is 34.2 Å². The number of anilines is 1. The molecular weight excluding hydrogens is 452 g/mol. The second kappa shape index (κ2) is 8.50. The van der Waals surface area contributed by atoms with E-state index in [1.165, 1.54) is 29.7 Å². The molecule has 1 aromatic heterocycles. The van der Waals surface area contributed by atoms with E-state index in [4.69, 9.17) is 15.7 Å². The number of carboxylic acids is 2. The first kappa shape index (κ1) is 22.5. The molecule has 2 saturated heterocycles. The summed E-state index contributed by atoms with van der Waals surface area (Å²) in [5.74, 6) is -3.73. The predicted octanol–water partition coefficient (Wildman–Crippen LogP) is -1.03. The number of carbonyl (C=O) groups is 4. The minimum atomic E-state index is -1.35. The third kappa shape index (κ3) is 4.18. The molecule has 4 atom stereocenters. The third-order valence-electron chi connectivity index (χ3n) is 4.73. The molecule has 0 aliphatic carbocycles. The maximum Gasteiger partial charge on any atom is 0.347 e. The minimum absolute atomic E-state index is 0.0463. The lowest BCUT2D eigenvalue weighted by molar-refractivity contribution is -0.156. The SMILES string of the molecule is C=CC1(C(=O)O)CS[C@@H]2C(NC(=O)C(=NOC(C)C(=O)O)c3nsc(N)n3)C(=O)N2C1. The quantitative estimate of drug-likeness (QED) is 0.157. The zero-order valence-electron chi connectivity index (χ0n) is 16.0. The number of fused-ring (bicyclic) bond motifs is 1. The predicted molar refractivity (Wildman–Crippen MR) is 109 cm³/mol. The summed E-state index contributed by atoms with van der Waals surface area (Å²) in [5.41, 5.74) is 3.83. The van der Waals surface area contributed by atoms with E-state index in [-0.39, 0.29) is 23.3 Å². The van der Waals surface area contributed by atoms with Gasteiger partial charge in [0, 0.05) is 23.8 Å². The number of hydrogen-bond acceptors (Lipinski definition) is 11. The number of rotatable bonds is 8. The summed E-state index contributed by atoms with van der Waals surface area (Å²) >= 11 is 1.99. The lowest BCUT2D eigenvalue weighted by Crippen LogP contribution is -2.73. The van der Waals surface area contributed by atoms with Gasteiger partial charge in [-0.3, -0.25) is 14.4 Å². The monoisotopic (exact) mass is 470 g/mol. The van der Waals surface area contributed by atoms with Crippen LogP contribution in [0.5, 0.6) is 0 Å². The molecule has 0 aromatic carbocycles. The van der Waals surface area contributed by atoms with Crippen LogP contribution in [0.1, 0.15) is 12.7 Å². The van der Waals surface area contributed by atoms with Crippen LogP contribution in [0.15, 0.2) is 17.8 Å². The van der Waals surface area contributed by atoms with E-state index < -0.39 is 52.4 Å². The van der Waals surface area contributed by atoms with Crippen molar-refractivity contribution in [3.8, 4) is 0 Å². The van der Waals surface area contributed by atoms with Crippen molar-refractivity contribution >= 4 is 57.9 Å². The van der Waals surface area contributed by atoms with Crippen LogP contribution in [0.4, 0.5) is 5.13 Å². The van der Waals surface area contributed by atoms with Crippen LogP contribution in [0.25, 0.3) is 0 Å². The van der Waals surface area contributed by atoms with E-state index in [1.54, 1.807) is 0 Å². The van der Waals surface area contributed by atoms with Crippen molar-refractivity contribution in [3.63, 3.8) is 0 Å². The second-order valence-electron chi connectivity index (χ2n) is 6.77. The van der Waals surface area contributed by atoms with Crippen LogP contribution in [-0.2, 0) is 24.0 Å². The van der Waals surface area contributed by atoms with E-state index in [2.05, 4.69) is 26.4 Å².